The summed E-state index contributed by atoms with van der Waals surface area (Å²) in [6.45, 7) is 17.3. The van der Waals surface area contributed by atoms with Gasteiger partial charge in [-0.15, -0.1) is 6.58 Å². The number of methoxy groups -OCH3 is 3. The standard InChI is InChI=1S/C46H56N8O8/c1-10-34(50-45(57)60-8)43(55)53-16-15-26(5)40(53)42-47-20-36(49-42)29-11-13-31-30(17-29)23-62-37-19-32-28(18-33(31)37)12-14-35-39(32)51-41(48-35)27(6)54(21-25(4)22-59-7)44(56)38(24(2)3)52-46(58)61-9/h10-11,13,17-20,24-25,27,34,38,40H,1,5,12,14-16,21-23H2,2-4,6-9H3,(H,47,49)(H,48,51)(H,50,57)(H,52,58). The van der Waals surface area contributed by atoms with Crippen LogP contribution in [0.2, 0.25) is 0 Å². The Labute approximate surface area is 361 Å². The fourth-order valence-corrected chi connectivity index (χ4v) is 8.65. The zero-order valence-corrected chi connectivity index (χ0v) is 36.4. The van der Waals surface area contributed by atoms with Crippen LogP contribution in [-0.4, -0.2) is 107 Å². The lowest BCUT2D eigenvalue weighted by molar-refractivity contribution is -0.138. The van der Waals surface area contributed by atoms with Crippen molar-refractivity contribution in [2.45, 2.75) is 77.7 Å². The van der Waals surface area contributed by atoms with Gasteiger partial charge in [0.2, 0.25) is 11.8 Å². The van der Waals surface area contributed by atoms with E-state index in [2.05, 4.69) is 69.1 Å². The third-order valence-corrected chi connectivity index (χ3v) is 12.0. The Morgan fingerprint density at radius 3 is 2.44 bits per heavy atom. The molecule has 16 nitrogen and oxygen atoms in total. The molecule has 7 rings (SSSR count). The lowest BCUT2D eigenvalue weighted by Gasteiger charge is -2.34. The van der Waals surface area contributed by atoms with Gasteiger partial charge in [-0.05, 0) is 84.0 Å². The Morgan fingerprint density at radius 1 is 0.968 bits per heavy atom. The Balaban J connectivity index is 1.13. The van der Waals surface area contributed by atoms with Crippen LogP contribution >= 0.6 is 0 Å². The second-order valence-corrected chi connectivity index (χ2v) is 16.6. The fraction of sp³-hybridized carbons (Fsp3) is 0.435. The average Bonchev–Trinajstić information content (AvgIpc) is 4.03. The van der Waals surface area contributed by atoms with Crippen molar-refractivity contribution in [3.05, 3.63) is 89.8 Å². The van der Waals surface area contributed by atoms with E-state index in [1.165, 1.54) is 20.3 Å². The first-order chi connectivity index (χ1) is 29.8. The number of imidazole rings is 2. The number of carbonyl (C=O) groups is 4. The molecule has 0 bridgehead atoms. The molecule has 1 fully saturated rings. The van der Waals surface area contributed by atoms with Gasteiger partial charge in [-0.3, -0.25) is 9.59 Å². The highest BCUT2D eigenvalue weighted by Crippen LogP contribution is 2.45. The summed E-state index contributed by atoms with van der Waals surface area (Å²) in [5, 5.41) is 5.26. The molecular weight excluding hydrogens is 793 g/mol. The van der Waals surface area contributed by atoms with Crippen LogP contribution in [0.4, 0.5) is 9.59 Å². The van der Waals surface area contributed by atoms with E-state index in [0.717, 1.165) is 74.6 Å². The monoisotopic (exact) mass is 848 g/mol. The van der Waals surface area contributed by atoms with Crippen molar-refractivity contribution in [3.8, 4) is 39.4 Å². The van der Waals surface area contributed by atoms with Crippen molar-refractivity contribution in [2.75, 3.05) is 41.0 Å². The molecule has 5 atom stereocenters. The number of carbonyl (C=O) groups excluding carboxylic acids is 4. The predicted molar refractivity (Wildman–Crippen MR) is 232 cm³/mol. The van der Waals surface area contributed by atoms with Crippen LogP contribution in [0.1, 0.15) is 74.7 Å². The van der Waals surface area contributed by atoms with E-state index in [-0.39, 0.29) is 23.7 Å². The van der Waals surface area contributed by atoms with Crippen molar-refractivity contribution in [1.82, 2.24) is 40.4 Å². The number of hydrogen-bond acceptors (Lipinski definition) is 10. The molecule has 2 aromatic heterocycles. The van der Waals surface area contributed by atoms with E-state index in [1.807, 2.05) is 27.7 Å². The summed E-state index contributed by atoms with van der Waals surface area (Å²) in [6, 6.07) is 7.85. The number of ether oxygens (including phenoxy) is 4. The van der Waals surface area contributed by atoms with E-state index in [9.17, 15) is 19.2 Å². The van der Waals surface area contributed by atoms with Crippen molar-refractivity contribution in [1.29, 1.82) is 0 Å². The summed E-state index contributed by atoms with van der Waals surface area (Å²) < 4.78 is 21.4. The molecule has 2 aromatic carbocycles. The number of hydrogen-bond donors (Lipinski definition) is 4. The lowest BCUT2D eigenvalue weighted by atomic mass is 9.86. The van der Waals surface area contributed by atoms with Crippen LogP contribution in [0.25, 0.3) is 33.6 Å². The fourth-order valence-electron chi connectivity index (χ4n) is 8.65. The van der Waals surface area contributed by atoms with Crippen molar-refractivity contribution >= 4 is 24.0 Å². The van der Waals surface area contributed by atoms with Gasteiger partial charge in [0.05, 0.1) is 44.5 Å². The summed E-state index contributed by atoms with van der Waals surface area (Å²) >= 11 is 0. The summed E-state index contributed by atoms with van der Waals surface area (Å²) in [7, 11) is 4.16. The average molecular weight is 849 g/mol. The van der Waals surface area contributed by atoms with Gasteiger partial charge in [0, 0.05) is 37.0 Å². The van der Waals surface area contributed by atoms with Crippen LogP contribution in [0.5, 0.6) is 5.75 Å². The molecule has 0 saturated carbocycles. The SMILES string of the molecule is C=CC(NC(=O)OC)C(=O)N1CCC(=C)C1c1ncc(-c2ccc3c(c2)COc2cc4c(cc2-3)CCc2[nH]c(C(C)N(CC(C)COC)C(=O)C(NC(=O)OC)C(C)C)nc2-4)[nH]1. The Kier molecular flexibility index (Phi) is 12.9. The number of amides is 4. The molecule has 1 saturated heterocycles. The number of benzene rings is 2. The molecule has 4 amide bonds. The molecule has 4 N–H and O–H groups in total. The molecule has 2 aliphatic heterocycles. The smallest absolute Gasteiger partial charge is 0.407 e. The van der Waals surface area contributed by atoms with Gasteiger partial charge in [-0.2, -0.15) is 0 Å². The number of alkyl carbamates (subject to hydrolysis) is 2. The summed E-state index contributed by atoms with van der Waals surface area (Å²) in [4.78, 5) is 72.0. The number of nitrogens with one attached hydrogen (secondary N) is 4. The highest BCUT2D eigenvalue weighted by Gasteiger charge is 2.38. The van der Waals surface area contributed by atoms with Crippen LogP contribution in [-0.2, 0) is 43.2 Å². The number of nitrogens with zero attached hydrogens (tertiary/aromatic N) is 4. The molecule has 0 spiro atoms. The van der Waals surface area contributed by atoms with Crippen LogP contribution < -0.4 is 15.4 Å². The quantitative estimate of drug-likeness (QED) is 0.103. The molecule has 16 heteroatoms. The maximum atomic E-state index is 14.2. The minimum absolute atomic E-state index is 0.0257. The first kappa shape index (κ1) is 43.7. The Morgan fingerprint density at radius 2 is 1.73 bits per heavy atom. The van der Waals surface area contributed by atoms with Gasteiger partial charge in [-0.1, -0.05) is 45.6 Å². The number of fused-ring (bicyclic) bond motifs is 6. The first-order valence-electron chi connectivity index (χ1n) is 20.9. The van der Waals surface area contributed by atoms with Gasteiger partial charge in [0.25, 0.3) is 0 Å². The number of H-pyrrole nitrogens is 2. The summed E-state index contributed by atoms with van der Waals surface area (Å²) in [5.74, 6) is 1.29. The highest BCUT2D eigenvalue weighted by molar-refractivity contribution is 5.89. The molecule has 1 aliphatic carbocycles. The largest absolute Gasteiger partial charge is 0.488 e. The van der Waals surface area contributed by atoms with Crippen LogP contribution in [0.15, 0.2) is 61.3 Å². The third-order valence-electron chi connectivity index (χ3n) is 12.0. The zero-order chi connectivity index (χ0) is 44.4. The summed E-state index contributed by atoms with van der Waals surface area (Å²) in [5.41, 5.74) is 9.62. The maximum absolute atomic E-state index is 14.2. The Hall–Kier alpha value is -6.42. The van der Waals surface area contributed by atoms with Crippen LogP contribution in [0.3, 0.4) is 0 Å². The number of aryl methyl sites for hydroxylation is 2. The first-order valence-corrected chi connectivity index (χ1v) is 20.9. The molecule has 3 aliphatic rings. The molecule has 5 unspecified atom stereocenters. The second kappa shape index (κ2) is 18.3. The Bertz CT molecular complexity index is 2380. The molecular formula is C46H56N8O8. The van der Waals surface area contributed by atoms with Gasteiger partial charge in [0.15, 0.2) is 0 Å². The molecule has 4 aromatic rings. The van der Waals surface area contributed by atoms with Crippen molar-refractivity contribution < 1.29 is 38.1 Å². The van der Waals surface area contributed by atoms with Crippen LogP contribution in [0, 0.1) is 11.8 Å². The van der Waals surface area contributed by atoms with E-state index >= 15 is 0 Å². The lowest BCUT2D eigenvalue weighted by Crippen LogP contribution is -2.53. The third kappa shape index (κ3) is 8.56. The van der Waals surface area contributed by atoms with E-state index in [1.54, 1.807) is 23.1 Å². The van der Waals surface area contributed by atoms with E-state index in [0.29, 0.717) is 44.4 Å². The minimum Gasteiger partial charge on any atom is -0.488 e. The molecule has 62 heavy (non-hydrogen) atoms. The zero-order valence-electron chi connectivity index (χ0n) is 36.4. The second-order valence-electron chi connectivity index (χ2n) is 16.6. The molecule has 0 radical (unpaired) electrons. The van der Waals surface area contributed by atoms with Gasteiger partial charge in [0.1, 0.15) is 42.1 Å². The van der Waals surface area contributed by atoms with E-state index in [4.69, 9.17) is 23.9 Å². The normalized spacial score (nSPS) is 17.0. The molecule has 328 valence electrons. The number of aromatic amines is 2. The van der Waals surface area contributed by atoms with Gasteiger partial charge in [-0.25, -0.2) is 19.6 Å². The maximum Gasteiger partial charge on any atom is 0.407 e. The van der Waals surface area contributed by atoms with Crippen molar-refractivity contribution in [2.24, 2.45) is 11.8 Å². The molecule has 4 heterocycles. The summed E-state index contributed by atoms with van der Waals surface area (Å²) in [6.07, 6.45) is 3.88. The van der Waals surface area contributed by atoms with E-state index < -0.39 is 36.4 Å². The predicted octanol–water partition coefficient (Wildman–Crippen LogP) is 6.42. The van der Waals surface area contributed by atoms with Gasteiger partial charge < -0.3 is 49.3 Å². The number of rotatable bonds is 14. The highest BCUT2D eigenvalue weighted by atomic mass is 16.5. The minimum atomic E-state index is -0.961. The topological polar surface area (TPSA) is 193 Å². The number of aromatic nitrogens is 4. The number of likely N-dealkylation sites (tertiary alicyclic amines) is 1. The van der Waals surface area contributed by atoms with Crippen molar-refractivity contribution in [3.63, 3.8) is 0 Å². The van der Waals surface area contributed by atoms with Gasteiger partial charge >= 0.3 is 12.2 Å².